The van der Waals surface area contributed by atoms with Gasteiger partial charge >= 0.3 is 0 Å². The van der Waals surface area contributed by atoms with Crippen molar-refractivity contribution < 1.29 is 13.9 Å². The molecule has 3 nitrogen and oxygen atoms in total. The number of ether oxygens (including phenoxy) is 2. The molecule has 0 bridgehead atoms. The molecule has 14 heavy (non-hydrogen) atoms. The lowest BCUT2D eigenvalue weighted by Gasteiger charge is -2.33. The zero-order valence-electron chi connectivity index (χ0n) is 10.3. The fourth-order valence-electron chi connectivity index (χ4n) is 1.26. The quantitative estimate of drug-likeness (QED) is 0.597. The molecule has 0 heterocycles. The summed E-state index contributed by atoms with van der Waals surface area (Å²) in [5.41, 5.74) is -0.172. The first kappa shape index (κ1) is 14.1. The van der Waals surface area contributed by atoms with Crippen LogP contribution in [0.3, 0.4) is 0 Å². The van der Waals surface area contributed by atoms with Crippen molar-refractivity contribution in [2.24, 2.45) is 0 Å². The lowest BCUT2D eigenvalue weighted by molar-refractivity contribution is -0.0962. The third-order valence-electron chi connectivity index (χ3n) is 2.61. The van der Waals surface area contributed by atoms with Gasteiger partial charge in [0, 0.05) is 7.11 Å². The molecule has 86 valence electrons. The number of rotatable bonds is 7. The summed E-state index contributed by atoms with van der Waals surface area (Å²) in [5, 5.41) is 0. The third-order valence-corrected chi connectivity index (χ3v) is 3.66. The molecule has 0 aliphatic heterocycles. The Morgan fingerprint density at radius 2 is 1.93 bits per heavy atom. The van der Waals surface area contributed by atoms with Crippen molar-refractivity contribution in [1.29, 1.82) is 0 Å². The fraction of sp³-hybridized carbons (Fsp3) is 1.00. The van der Waals surface area contributed by atoms with E-state index in [2.05, 4.69) is 20.8 Å². The number of hydrogen-bond donors (Lipinski definition) is 0. The first-order chi connectivity index (χ1) is 6.47. The second kappa shape index (κ2) is 6.56. The molecule has 0 saturated heterocycles. The summed E-state index contributed by atoms with van der Waals surface area (Å²) in [6.07, 6.45) is 1.26. The molecule has 0 N–H and O–H groups in total. The third kappa shape index (κ3) is 4.55. The SMILES string of the molecule is CCC(OCC(C)OC)C(C)(C)O[SiH3]. The highest BCUT2D eigenvalue weighted by molar-refractivity contribution is 5.98. The van der Waals surface area contributed by atoms with Gasteiger partial charge in [0.05, 0.1) is 24.4 Å². The number of methoxy groups -OCH3 is 1. The van der Waals surface area contributed by atoms with Gasteiger partial charge in [0.1, 0.15) is 10.5 Å². The Morgan fingerprint density at radius 3 is 2.29 bits per heavy atom. The van der Waals surface area contributed by atoms with Crippen LogP contribution in [-0.2, 0) is 13.9 Å². The zero-order chi connectivity index (χ0) is 11.2. The van der Waals surface area contributed by atoms with E-state index in [0.29, 0.717) is 6.61 Å². The highest BCUT2D eigenvalue weighted by Crippen LogP contribution is 2.19. The molecule has 0 radical (unpaired) electrons. The Bertz CT molecular complexity index is 150. The molecule has 0 rings (SSSR count). The molecular formula is C10H24O3Si. The smallest absolute Gasteiger partial charge is 0.146 e. The summed E-state index contributed by atoms with van der Waals surface area (Å²) in [6, 6.07) is 0. The maximum Gasteiger partial charge on any atom is 0.146 e. The van der Waals surface area contributed by atoms with Crippen molar-refractivity contribution in [1.82, 2.24) is 0 Å². The maximum absolute atomic E-state index is 5.77. The van der Waals surface area contributed by atoms with Gasteiger partial charge in [-0.25, -0.2) is 0 Å². The van der Waals surface area contributed by atoms with Crippen LogP contribution in [0.1, 0.15) is 34.1 Å². The lowest BCUT2D eigenvalue weighted by atomic mass is 10.00. The van der Waals surface area contributed by atoms with Crippen LogP contribution >= 0.6 is 0 Å². The molecule has 0 aromatic heterocycles. The second-order valence-corrected chi connectivity index (χ2v) is 4.49. The summed E-state index contributed by atoms with van der Waals surface area (Å²) in [7, 11) is 2.44. The van der Waals surface area contributed by atoms with Crippen molar-refractivity contribution >= 4 is 10.5 Å². The van der Waals surface area contributed by atoms with E-state index in [4.69, 9.17) is 13.9 Å². The highest BCUT2D eigenvalue weighted by Gasteiger charge is 2.28. The highest BCUT2D eigenvalue weighted by atomic mass is 28.2. The van der Waals surface area contributed by atoms with Gasteiger partial charge in [0.25, 0.3) is 0 Å². The van der Waals surface area contributed by atoms with Crippen LogP contribution in [0.4, 0.5) is 0 Å². The van der Waals surface area contributed by atoms with E-state index in [-0.39, 0.29) is 17.8 Å². The van der Waals surface area contributed by atoms with Crippen LogP contribution in [0.15, 0.2) is 0 Å². The van der Waals surface area contributed by atoms with Crippen molar-refractivity contribution in [2.45, 2.75) is 51.9 Å². The molecule has 0 amide bonds. The van der Waals surface area contributed by atoms with E-state index in [1.54, 1.807) is 7.11 Å². The van der Waals surface area contributed by atoms with Crippen molar-refractivity contribution in [2.75, 3.05) is 13.7 Å². The van der Waals surface area contributed by atoms with E-state index in [1.807, 2.05) is 6.92 Å². The Hall–Kier alpha value is 0.0969. The van der Waals surface area contributed by atoms with Gasteiger partial charge < -0.3 is 13.9 Å². The van der Waals surface area contributed by atoms with Gasteiger partial charge in [-0.1, -0.05) is 6.92 Å². The fourth-order valence-corrected chi connectivity index (χ4v) is 1.52. The van der Waals surface area contributed by atoms with Crippen molar-refractivity contribution in [3.63, 3.8) is 0 Å². The van der Waals surface area contributed by atoms with Gasteiger partial charge in [0.15, 0.2) is 0 Å². The van der Waals surface area contributed by atoms with Gasteiger partial charge in [-0.15, -0.1) is 0 Å². The molecule has 0 aliphatic carbocycles. The van der Waals surface area contributed by atoms with Crippen molar-refractivity contribution in [3.05, 3.63) is 0 Å². The molecule has 0 spiro atoms. The van der Waals surface area contributed by atoms with Gasteiger partial charge in [-0.2, -0.15) is 0 Å². The molecule has 2 unspecified atom stereocenters. The van der Waals surface area contributed by atoms with Crippen LogP contribution in [0.2, 0.25) is 0 Å². The summed E-state index contributed by atoms with van der Waals surface area (Å²) >= 11 is 0. The normalized spacial score (nSPS) is 16.9. The molecule has 0 saturated carbocycles. The van der Waals surface area contributed by atoms with Gasteiger partial charge in [0.2, 0.25) is 0 Å². The van der Waals surface area contributed by atoms with Crippen LogP contribution in [-0.4, -0.2) is 42.0 Å². The molecule has 0 aliphatic rings. The van der Waals surface area contributed by atoms with E-state index >= 15 is 0 Å². The predicted molar refractivity (Wildman–Crippen MR) is 61.6 cm³/mol. The number of hydrogen-bond acceptors (Lipinski definition) is 3. The largest absolute Gasteiger partial charge is 0.420 e. The monoisotopic (exact) mass is 220 g/mol. The van der Waals surface area contributed by atoms with Crippen LogP contribution in [0, 0.1) is 0 Å². The second-order valence-electron chi connectivity index (χ2n) is 4.08. The zero-order valence-corrected chi connectivity index (χ0v) is 12.3. The molecule has 0 aromatic rings. The van der Waals surface area contributed by atoms with E-state index in [0.717, 1.165) is 16.9 Å². The Labute approximate surface area is 90.7 Å². The van der Waals surface area contributed by atoms with E-state index in [1.165, 1.54) is 0 Å². The summed E-state index contributed by atoms with van der Waals surface area (Å²) in [6.45, 7) is 8.90. The minimum absolute atomic E-state index is 0.147. The Balaban J connectivity index is 4.03. The summed E-state index contributed by atoms with van der Waals surface area (Å²) in [4.78, 5) is 0. The van der Waals surface area contributed by atoms with E-state index < -0.39 is 0 Å². The van der Waals surface area contributed by atoms with E-state index in [9.17, 15) is 0 Å². The molecule has 0 aromatic carbocycles. The summed E-state index contributed by atoms with van der Waals surface area (Å²) < 4.78 is 16.4. The first-order valence-corrected chi connectivity index (χ1v) is 5.99. The average molecular weight is 220 g/mol. The first-order valence-electron chi connectivity index (χ1n) is 5.17. The average Bonchev–Trinajstić information content (AvgIpc) is 2.18. The lowest BCUT2D eigenvalue weighted by Crippen LogP contribution is -2.41. The molecule has 4 heteroatoms. The van der Waals surface area contributed by atoms with Crippen LogP contribution < -0.4 is 0 Å². The molecular weight excluding hydrogens is 196 g/mol. The Kier molecular flexibility index (Phi) is 6.60. The topological polar surface area (TPSA) is 27.7 Å². The minimum Gasteiger partial charge on any atom is -0.420 e. The van der Waals surface area contributed by atoms with Crippen molar-refractivity contribution in [3.8, 4) is 0 Å². The summed E-state index contributed by atoms with van der Waals surface area (Å²) in [5.74, 6) is 0. The van der Waals surface area contributed by atoms with Gasteiger partial charge in [-0.3, -0.25) is 0 Å². The minimum atomic E-state index is -0.172. The van der Waals surface area contributed by atoms with Gasteiger partial charge in [-0.05, 0) is 27.2 Å². The maximum atomic E-state index is 5.77. The standard InChI is InChI=1S/C10H24O3Si/c1-6-9(10(3,4)13-14)12-7-8(2)11-5/h8-9H,6-7H2,1-5,14H3. The molecule has 0 fully saturated rings. The Morgan fingerprint density at radius 1 is 1.36 bits per heavy atom. The predicted octanol–water partition coefficient (Wildman–Crippen LogP) is 0.892. The van der Waals surface area contributed by atoms with Crippen LogP contribution in [0.5, 0.6) is 0 Å². The molecule has 2 atom stereocenters. The van der Waals surface area contributed by atoms with Crippen LogP contribution in [0.25, 0.3) is 0 Å².